The number of amides is 2. The third-order valence-electron chi connectivity index (χ3n) is 4.03. The van der Waals surface area contributed by atoms with Crippen molar-refractivity contribution in [2.75, 3.05) is 11.9 Å². The van der Waals surface area contributed by atoms with Gasteiger partial charge in [0.25, 0.3) is 5.91 Å². The summed E-state index contributed by atoms with van der Waals surface area (Å²) >= 11 is 0. The zero-order chi connectivity index (χ0) is 20.5. The number of fused-ring (bicyclic) bond motifs is 1. The molecule has 0 aliphatic carbocycles. The van der Waals surface area contributed by atoms with E-state index in [0.717, 1.165) is 35.3 Å². The second kappa shape index (κ2) is 7.29. The van der Waals surface area contributed by atoms with Gasteiger partial charge >= 0.3 is 6.18 Å². The van der Waals surface area contributed by atoms with Crippen molar-refractivity contribution in [3.05, 3.63) is 53.3 Å². The van der Waals surface area contributed by atoms with Crippen molar-refractivity contribution in [1.29, 1.82) is 0 Å². The van der Waals surface area contributed by atoms with Gasteiger partial charge in [-0.15, -0.1) is 0 Å². The number of aromatic nitrogens is 3. The number of rotatable bonds is 4. The van der Waals surface area contributed by atoms with Crippen LogP contribution in [0.25, 0.3) is 11.0 Å². The molecular weight excluding hydrogens is 375 g/mol. The van der Waals surface area contributed by atoms with Gasteiger partial charge in [-0.2, -0.15) is 18.3 Å². The van der Waals surface area contributed by atoms with E-state index < -0.39 is 23.6 Å². The minimum atomic E-state index is -4.48. The molecule has 0 unspecified atom stereocenters. The lowest BCUT2D eigenvalue weighted by molar-refractivity contribution is -0.137. The van der Waals surface area contributed by atoms with E-state index in [1.54, 1.807) is 17.8 Å². The Hall–Kier alpha value is -3.43. The lowest BCUT2D eigenvalue weighted by atomic mass is 10.1. The van der Waals surface area contributed by atoms with Crippen LogP contribution in [0.15, 0.2) is 36.5 Å². The first-order valence-electron chi connectivity index (χ1n) is 8.20. The Morgan fingerprint density at radius 1 is 1.18 bits per heavy atom. The summed E-state index contributed by atoms with van der Waals surface area (Å²) in [5, 5.41) is 9.99. The summed E-state index contributed by atoms with van der Waals surface area (Å²) in [4.78, 5) is 28.3. The molecule has 0 aliphatic heterocycles. The molecule has 0 spiro atoms. The molecular formula is C18H16F3N5O2. The summed E-state index contributed by atoms with van der Waals surface area (Å²) in [6.07, 6.45) is -3.00. The van der Waals surface area contributed by atoms with Gasteiger partial charge in [0.15, 0.2) is 5.65 Å². The molecule has 0 atom stereocenters. The zero-order valence-corrected chi connectivity index (χ0v) is 15.0. The number of anilines is 1. The Kier molecular flexibility index (Phi) is 5.04. The van der Waals surface area contributed by atoms with Crippen LogP contribution in [0.1, 0.15) is 21.6 Å². The number of benzene rings is 1. The summed E-state index contributed by atoms with van der Waals surface area (Å²) < 4.78 is 39.3. The maximum atomic E-state index is 12.5. The van der Waals surface area contributed by atoms with Gasteiger partial charge in [0.05, 0.1) is 29.7 Å². The highest BCUT2D eigenvalue weighted by molar-refractivity contribution is 5.99. The van der Waals surface area contributed by atoms with Crippen molar-refractivity contribution in [3.63, 3.8) is 0 Å². The van der Waals surface area contributed by atoms with E-state index >= 15 is 0 Å². The van der Waals surface area contributed by atoms with Gasteiger partial charge in [-0.1, -0.05) is 0 Å². The fraction of sp³-hybridized carbons (Fsp3) is 0.222. The standard InChI is InChI=1S/C18H16F3N5O2/c1-10-14-7-13(8-22-16(14)26(2)25-10)24-15(27)9-23-17(28)11-3-5-12(6-4-11)18(19,20)21/h3-8H,9H2,1-2H3,(H,23,28)(H,24,27). The number of hydrogen-bond acceptors (Lipinski definition) is 4. The molecule has 2 heterocycles. The van der Waals surface area contributed by atoms with Crippen molar-refractivity contribution in [2.24, 2.45) is 7.05 Å². The third kappa shape index (κ3) is 4.11. The van der Waals surface area contributed by atoms with Crippen LogP contribution < -0.4 is 10.6 Å². The molecule has 0 bridgehead atoms. The first-order valence-corrected chi connectivity index (χ1v) is 8.20. The van der Waals surface area contributed by atoms with Gasteiger partial charge in [0.1, 0.15) is 0 Å². The monoisotopic (exact) mass is 391 g/mol. The van der Waals surface area contributed by atoms with Crippen LogP contribution in [-0.4, -0.2) is 33.1 Å². The smallest absolute Gasteiger partial charge is 0.343 e. The molecule has 0 aliphatic rings. The number of aryl methyl sites for hydroxylation is 2. The number of nitrogens with zero attached hydrogens (tertiary/aromatic N) is 3. The number of nitrogens with one attached hydrogen (secondary N) is 2. The number of halogens is 3. The van der Waals surface area contributed by atoms with Gasteiger partial charge in [0, 0.05) is 18.0 Å². The Balaban J connectivity index is 1.59. The van der Waals surface area contributed by atoms with Gasteiger partial charge in [-0.05, 0) is 37.3 Å². The number of carbonyl (C=O) groups excluding carboxylic acids is 2. The van der Waals surface area contributed by atoms with Gasteiger partial charge in [-0.25, -0.2) is 4.98 Å². The first kappa shape index (κ1) is 19.3. The van der Waals surface area contributed by atoms with Gasteiger partial charge < -0.3 is 10.6 Å². The number of alkyl halides is 3. The molecule has 1 aromatic carbocycles. The number of hydrogen-bond donors (Lipinski definition) is 2. The van der Waals surface area contributed by atoms with E-state index in [2.05, 4.69) is 20.7 Å². The molecule has 146 valence electrons. The summed E-state index contributed by atoms with van der Waals surface area (Å²) in [5.41, 5.74) is 1.05. The summed E-state index contributed by atoms with van der Waals surface area (Å²) in [7, 11) is 1.76. The van der Waals surface area contributed by atoms with E-state index in [0.29, 0.717) is 11.3 Å². The maximum Gasteiger partial charge on any atom is 0.416 e. The number of pyridine rings is 1. The topological polar surface area (TPSA) is 88.9 Å². The highest BCUT2D eigenvalue weighted by atomic mass is 19.4. The average molecular weight is 391 g/mol. The van der Waals surface area contributed by atoms with E-state index in [9.17, 15) is 22.8 Å². The molecule has 3 aromatic rings. The molecule has 28 heavy (non-hydrogen) atoms. The molecule has 2 aromatic heterocycles. The third-order valence-corrected chi connectivity index (χ3v) is 4.03. The van der Waals surface area contributed by atoms with E-state index in [1.165, 1.54) is 6.20 Å². The number of carbonyl (C=O) groups is 2. The molecule has 10 heteroatoms. The van der Waals surface area contributed by atoms with Crippen LogP contribution in [0.5, 0.6) is 0 Å². The van der Waals surface area contributed by atoms with E-state index in [4.69, 9.17) is 0 Å². The lowest BCUT2D eigenvalue weighted by Gasteiger charge is -2.09. The summed E-state index contributed by atoms with van der Waals surface area (Å²) in [6, 6.07) is 5.45. The van der Waals surface area contributed by atoms with E-state index in [-0.39, 0.29) is 12.1 Å². The fourth-order valence-electron chi connectivity index (χ4n) is 2.65. The molecule has 3 rings (SSSR count). The fourth-order valence-corrected chi connectivity index (χ4v) is 2.65. The molecule has 0 saturated carbocycles. The Morgan fingerprint density at radius 2 is 1.86 bits per heavy atom. The minimum Gasteiger partial charge on any atom is -0.343 e. The van der Waals surface area contributed by atoms with Crippen LogP contribution in [0.2, 0.25) is 0 Å². The van der Waals surface area contributed by atoms with Crippen LogP contribution in [0.3, 0.4) is 0 Å². The average Bonchev–Trinajstić information content (AvgIpc) is 2.92. The second-order valence-electron chi connectivity index (χ2n) is 6.11. The minimum absolute atomic E-state index is 0.0230. The predicted octanol–water partition coefficient (Wildman–Crippen LogP) is 2.66. The molecule has 7 nitrogen and oxygen atoms in total. The molecule has 0 radical (unpaired) electrons. The summed E-state index contributed by atoms with van der Waals surface area (Å²) in [5.74, 6) is -1.15. The highest BCUT2D eigenvalue weighted by Gasteiger charge is 2.30. The van der Waals surface area contributed by atoms with Gasteiger partial charge in [0.2, 0.25) is 5.91 Å². The largest absolute Gasteiger partial charge is 0.416 e. The van der Waals surface area contributed by atoms with Crippen molar-refractivity contribution >= 4 is 28.5 Å². The molecule has 0 saturated heterocycles. The Morgan fingerprint density at radius 3 is 2.50 bits per heavy atom. The molecule has 2 N–H and O–H groups in total. The van der Waals surface area contributed by atoms with Crippen molar-refractivity contribution < 1.29 is 22.8 Å². The molecule has 2 amide bonds. The molecule has 0 fully saturated rings. The summed E-state index contributed by atoms with van der Waals surface area (Å²) in [6.45, 7) is 1.48. The Labute approximate surface area is 157 Å². The van der Waals surface area contributed by atoms with Crippen molar-refractivity contribution in [1.82, 2.24) is 20.1 Å². The van der Waals surface area contributed by atoms with Crippen LogP contribution in [-0.2, 0) is 18.0 Å². The maximum absolute atomic E-state index is 12.5. The zero-order valence-electron chi connectivity index (χ0n) is 15.0. The first-order chi connectivity index (χ1) is 13.1. The highest BCUT2D eigenvalue weighted by Crippen LogP contribution is 2.29. The quantitative estimate of drug-likeness (QED) is 0.716. The van der Waals surface area contributed by atoms with Crippen molar-refractivity contribution in [3.8, 4) is 0 Å². The van der Waals surface area contributed by atoms with Crippen molar-refractivity contribution in [2.45, 2.75) is 13.1 Å². The SMILES string of the molecule is Cc1nn(C)c2ncc(NC(=O)CNC(=O)c3ccc(C(F)(F)F)cc3)cc12. The second-order valence-corrected chi connectivity index (χ2v) is 6.11. The van der Waals surface area contributed by atoms with Crippen LogP contribution in [0.4, 0.5) is 18.9 Å². The van der Waals surface area contributed by atoms with E-state index in [1.807, 2.05) is 6.92 Å². The van der Waals surface area contributed by atoms with Crippen LogP contribution >= 0.6 is 0 Å². The lowest BCUT2D eigenvalue weighted by Crippen LogP contribution is -2.32. The van der Waals surface area contributed by atoms with Gasteiger partial charge in [-0.3, -0.25) is 14.3 Å². The normalized spacial score (nSPS) is 11.5. The Bertz CT molecular complexity index is 1040. The predicted molar refractivity (Wildman–Crippen MR) is 95.7 cm³/mol. The van der Waals surface area contributed by atoms with Crippen LogP contribution in [0, 0.1) is 6.92 Å².